The molecule has 0 unspecified atom stereocenters. The van der Waals surface area contributed by atoms with Gasteiger partial charge in [0.25, 0.3) is 5.91 Å². The van der Waals surface area contributed by atoms with Crippen molar-refractivity contribution in [2.45, 2.75) is 26.8 Å². The van der Waals surface area contributed by atoms with Crippen molar-refractivity contribution in [1.82, 2.24) is 5.32 Å². The fourth-order valence-electron chi connectivity index (χ4n) is 1.42. The van der Waals surface area contributed by atoms with Crippen LogP contribution in [0.15, 0.2) is 34.8 Å². The lowest BCUT2D eigenvalue weighted by Gasteiger charge is -2.16. The number of ether oxygens (including phenoxy) is 1. The Hall–Kier alpha value is -1.62. The number of carbonyl (C=O) groups excluding carboxylic acids is 2. The molecule has 0 aromatic heterocycles. The summed E-state index contributed by atoms with van der Waals surface area (Å²) in [5.74, 6) is -0.496. The minimum absolute atomic E-state index is 0.0495. The van der Waals surface area contributed by atoms with E-state index in [-0.39, 0.29) is 18.6 Å². The van der Waals surface area contributed by atoms with Crippen LogP contribution in [-0.4, -0.2) is 24.5 Å². The molecule has 1 aromatic carbocycles. The highest BCUT2D eigenvalue weighted by atomic mass is 79.9. The van der Waals surface area contributed by atoms with Crippen molar-refractivity contribution in [3.63, 3.8) is 0 Å². The Morgan fingerprint density at radius 1 is 1.33 bits per heavy atom. The zero-order valence-corrected chi connectivity index (χ0v) is 14.0. The standard InChI is InChI=1S/C16H20BrNO3/c1-11(2)12(3)18-15(19)10-21-16(20)8-7-13-5-4-6-14(17)9-13/h4-9,11-12H,10H2,1-3H3,(H,18,19)/b8-7+/t12-/m1/s1. The lowest BCUT2D eigenvalue weighted by atomic mass is 10.1. The molecule has 114 valence electrons. The number of hydrogen-bond donors (Lipinski definition) is 1. The largest absolute Gasteiger partial charge is 0.452 e. The molecule has 0 bridgehead atoms. The Labute approximate surface area is 133 Å². The fraction of sp³-hybridized carbons (Fsp3) is 0.375. The van der Waals surface area contributed by atoms with E-state index >= 15 is 0 Å². The Bertz CT molecular complexity index is 526. The molecule has 1 aromatic rings. The zero-order chi connectivity index (χ0) is 15.8. The van der Waals surface area contributed by atoms with Crippen LogP contribution in [0.1, 0.15) is 26.3 Å². The molecule has 0 spiro atoms. The summed E-state index contributed by atoms with van der Waals surface area (Å²) in [6.07, 6.45) is 2.95. The molecule has 1 rings (SSSR count). The van der Waals surface area contributed by atoms with Gasteiger partial charge < -0.3 is 10.1 Å². The summed E-state index contributed by atoms with van der Waals surface area (Å²) < 4.78 is 5.82. The maximum atomic E-state index is 11.6. The first-order valence-corrected chi connectivity index (χ1v) is 7.57. The maximum absolute atomic E-state index is 11.6. The van der Waals surface area contributed by atoms with Crippen LogP contribution >= 0.6 is 15.9 Å². The topological polar surface area (TPSA) is 55.4 Å². The second-order valence-electron chi connectivity index (χ2n) is 5.10. The predicted octanol–water partition coefficient (Wildman–Crippen LogP) is 3.17. The second-order valence-corrected chi connectivity index (χ2v) is 6.01. The van der Waals surface area contributed by atoms with E-state index in [0.29, 0.717) is 5.92 Å². The van der Waals surface area contributed by atoms with Gasteiger partial charge in [0.05, 0.1) is 0 Å². The van der Waals surface area contributed by atoms with Gasteiger partial charge in [0.15, 0.2) is 6.61 Å². The van der Waals surface area contributed by atoms with Crippen molar-refractivity contribution in [1.29, 1.82) is 0 Å². The van der Waals surface area contributed by atoms with Crippen molar-refractivity contribution >= 4 is 33.9 Å². The number of benzene rings is 1. The zero-order valence-electron chi connectivity index (χ0n) is 12.4. The SMILES string of the molecule is CC(C)[C@@H](C)NC(=O)COC(=O)/C=C/c1cccc(Br)c1. The highest BCUT2D eigenvalue weighted by Crippen LogP contribution is 2.12. The van der Waals surface area contributed by atoms with Crippen molar-refractivity contribution in [3.8, 4) is 0 Å². The number of carbonyl (C=O) groups is 2. The molecule has 5 heteroatoms. The van der Waals surface area contributed by atoms with E-state index in [0.717, 1.165) is 10.0 Å². The van der Waals surface area contributed by atoms with E-state index in [4.69, 9.17) is 4.74 Å². The summed E-state index contributed by atoms with van der Waals surface area (Å²) in [5, 5.41) is 2.77. The van der Waals surface area contributed by atoms with Crippen LogP contribution in [0.3, 0.4) is 0 Å². The van der Waals surface area contributed by atoms with Gasteiger partial charge in [-0.15, -0.1) is 0 Å². The molecule has 0 saturated carbocycles. The van der Waals surface area contributed by atoms with E-state index in [1.54, 1.807) is 6.08 Å². The molecule has 0 heterocycles. The monoisotopic (exact) mass is 353 g/mol. The first-order valence-electron chi connectivity index (χ1n) is 6.78. The molecule has 0 fully saturated rings. The number of hydrogen-bond acceptors (Lipinski definition) is 3. The van der Waals surface area contributed by atoms with Crippen molar-refractivity contribution in [3.05, 3.63) is 40.4 Å². The molecule has 1 atom stereocenters. The summed E-state index contributed by atoms with van der Waals surface area (Å²) in [7, 11) is 0. The van der Waals surface area contributed by atoms with Gasteiger partial charge in [-0.1, -0.05) is 41.9 Å². The maximum Gasteiger partial charge on any atom is 0.331 e. The third kappa shape index (κ3) is 7.09. The molecule has 21 heavy (non-hydrogen) atoms. The molecule has 0 aliphatic rings. The van der Waals surface area contributed by atoms with Crippen LogP contribution in [0.4, 0.5) is 0 Å². The molecule has 1 amide bonds. The van der Waals surface area contributed by atoms with Gasteiger partial charge in [0, 0.05) is 16.6 Å². The molecular weight excluding hydrogens is 334 g/mol. The van der Waals surface area contributed by atoms with Gasteiger partial charge in [0.2, 0.25) is 0 Å². The second kappa shape index (κ2) is 8.62. The minimum Gasteiger partial charge on any atom is -0.452 e. The first-order chi connectivity index (χ1) is 9.88. The predicted molar refractivity (Wildman–Crippen MR) is 86.6 cm³/mol. The quantitative estimate of drug-likeness (QED) is 0.631. The van der Waals surface area contributed by atoms with Crippen molar-refractivity contribution < 1.29 is 14.3 Å². The van der Waals surface area contributed by atoms with E-state index in [1.165, 1.54) is 6.08 Å². The van der Waals surface area contributed by atoms with Crippen LogP contribution < -0.4 is 5.32 Å². The normalized spacial score (nSPS) is 12.4. The molecule has 0 saturated heterocycles. The van der Waals surface area contributed by atoms with Crippen molar-refractivity contribution in [2.75, 3.05) is 6.61 Å². The minimum atomic E-state index is -0.540. The molecule has 0 aliphatic carbocycles. The average molecular weight is 354 g/mol. The van der Waals surface area contributed by atoms with Crippen LogP contribution in [0.2, 0.25) is 0 Å². The van der Waals surface area contributed by atoms with E-state index in [2.05, 4.69) is 21.2 Å². The highest BCUT2D eigenvalue weighted by molar-refractivity contribution is 9.10. The van der Waals surface area contributed by atoms with Crippen molar-refractivity contribution in [2.24, 2.45) is 5.92 Å². The van der Waals surface area contributed by atoms with Crippen LogP contribution in [0.25, 0.3) is 6.08 Å². The van der Waals surface area contributed by atoms with Gasteiger partial charge in [-0.3, -0.25) is 4.79 Å². The number of nitrogens with one attached hydrogen (secondary N) is 1. The summed E-state index contributed by atoms with van der Waals surface area (Å²) >= 11 is 3.35. The van der Waals surface area contributed by atoms with Crippen LogP contribution in [0.5, 0.6) is 0 Å². The Balaban J connectivity index is 2.39. The highest BCUT2D eigenvalue weighted by Gasteiger charge is 2.11. The summed E-state index contributed by atoms with van der Waals surface area (Å²) in [4.78, 5) is 23.1. The molecule has 1 N–H and O–H groups in total. The lowest BCUT2D eigenvalue weighted by Crippen LogP contribution is -2.38. The molecule has 4 nitrogen and oxygen atoms in total. The van der Waals surface area contributed by atoms with Gasteiger partial charge in [-0.2, -0.15) is 0 Å². The van der Waals surface area contributed by atoms with E-state index in [1.807, 2.05) is 45.0 Å². The van der Waals surface area contributed by atoms with Gasteiger partial charge in [-0.05, 0) is 36.6 Å². The van der Waals surface area contributed by atoms with Crippen LogP contribution in [0, 0.1) is 5.92 Å². The molecule has 0 radical (unpaired) electrons. The Morgan fingerprint density at radius 3 is 2.67 bits per heavy atom. The Morgan fingerprint density at radius 2 is 2.05 bits per heavy atom. The summed E-state index contributed by atoms with van der Waals surface area (Å²) in [5.41, 5.74) is 0.874. The van der Waals surface area contributed by atoms with Gasteiger partial charge in [-0.25, -0.2) is 4.79 Å². The number of esters is 1. The molecule has 0 aliphatic heterocycles. The smallest absolute Gasteiger partial charge is 0.331 e. The van der Waals surface area contributed by atoms with Gasteiger partial charge >= 0.3 is 5.97 Å². The third-order valence-corrected chi connectivity index (χ3v) is 3.49. The summed E-state index contributed by atoms with van der Waals surface area (Å²) in [6, 6.07) is 7.56. The molecular formula is C16H20BrNO3. The van der Waals surface area contributed by atoms with E-state index in [9.17, 15) is 9.59 Å². The average Bonchev–Trinajstić information content (AvgIpc) is 2.42. The number of amides is 1. The first kappa shape index (κ1) is 17.4. The van der Waals surface area contributed by atoms with Crippen LogP contribution in [-0.2, 0) is 14.3 Å². The third-order valence-electron chi connectivity index (χ3n) is 2.99. The fourth-order valence-corrected chi connectivity index (χ4v) is 1.84. The summed E-state index contributed by atoms with van der Waals surface area (Å²) in [6.45, 7) is 5.67. The number of rotatable bonds is 6. The lowest BCUT2D eigenvalue weighted by molar-refractivity contribution is -0.144. The van der Waals surface area contributed by atoms with Gasteiger partial charge in [0.1, 0.15) is 0 Å². The Kier molecular flexibility index (Phi) is 7.15. The van der Waals surface area contributed by atoms with E-state index < -0.39 is 5.97 Å². The number of halogens is 1.